The maximum atomic E-state index is 12.1. The summed E-state index contributed by atoms with van der Waals surface area (Å²) in [5, 5.41) is 2.92. The van der Waals surface area contributed by atoms with E-state index >= 15 is 0 Å². The summed E-state index contributed by atoms with van der Waals surface area (Å²) in [6.07, 6.45) is 1.29. The molecule has 2 aromatic rings. The highest BCUT2D eigenvalue weighted by atomic mass is 32.1. The Kier molecular flexibility index (Phi) is 5.44. The van der Waals surface area contributed by atoms with Gasteiger partial charge in [-0.15, -0.1) is 11.3 Å². The van der Waals surface area contributed by atoms with Gasteiger partial charge in [-0.05, 0) is 13.3 Å². The van der Waals surface area contributed by atoms with E-state index in [2.05, 4.69) is 11.9 Å². The molecule has 0 saturated heterocycles. The number of thiazole rings is 1. The van der Waals surface area contributed by atoms with Crippen molar-refractivity contribution in [3.05, 3.63) is 52.0 Å². The number of rotatable bonds is 7. The maximum absolute atomic E-state index is 12.1. The van der Waals surface area contributed by atoms with Crippen molar-refractivity contribution in [1.82, 2.24) is 4.98 Å². The van der Waals surface area contributed by atoms with Crippen molar-refractivity contribution < 1.29 is 9.53 Å². The van der Waals surface area contributed by atoms with E-state index in [4.69, 9.17) is 4.74 Å². The van der Waals surface area contributed by atoms with E-state index in [0.717, 1.165) is 22.7 Å². The van der Waals surface area contributed by atoms with Gasteiger partial charge in [-0.3, -0.25) is 4.79 Å². The molecule has 1 heterocycles. The van der Waals surface area contributed by atoms with Crippen LogP contribution >= 0.6 is 11.3 Å². The highest BCUT2D eigenvalue weighted by Crippen LogP contribution is 2.25. The molecule has 2 rings (SSSR count). The van der Waals surface area contributed by atoms with Crippen LogP contribution in [0.1, 0.15) is 47.4 Å². The minimum absolute atomic E-state index is 0.0468. The molecule has 0 bridgehead atoms. The molecule has 1 atom stereocenters. The SMILES string of the molecule is CCOC(CC)c1nc(CC(=O)c2ccccc2)cs1. The van der Waals surface area contributed by atoms with E-state index in [1.165, 1.54) is 0 Å². The lowest BCUT2D eigenvalue weighted by Crippen LogP contribution is -2.05. The summed E-state index contributed by atoms with van der Waals surface area (Å²) in [6, 6.07) is 9.34. The molecule has 0 N–H and O–H groups in total. The molecule has 0 amide bonds. The molecular formula is C16H19NO2S. The molecule has 0 radical (unpaired) electrons. The molecule has 0 aliphatic heterocycles. The number of aromatic nitrogens is 1. The van der Waals surface area contributed by atoms with Crippen LogP contribution in [-0.4, -0.2) is 17.4 Å². The summed E-state index contributed by atoms with van der Waals surface area (Å²) in [5.74, 6) is 0.104. The summed E-state index contributed by atoms with van der Waals surface area (Å²) in [6.45, 7) is 4.74. The predicted molar refractivity (Wildman–Crippen MR) is 81.2 cm³/mol. The minimum Gasteiger partial charge on any atom is -0.371 e. The van der Waals surface area contributed by atoms with Gasteiger partial charge in [-0.25, -0.2) is 4.98 Å². The van der Waals surface area contributed by atoms with Gasteiger partial charge in [0, 0.05) is 17.6 Å². The van der Waals surface area contributed by atoms with Crippen LogP contribution in [0.25, 0.3) is 0 Å². The largest absolute Gasteiger partial charge is 0.371 e. The predicted octanol–water partition coefficient (Wildman–Crippen LogP) is 4.06. The monoisotopic (exact) mass is 289 g/mol. The molecule has 106 valence electrons. The quantitative estimate of drug-likeness (QED) is 0.722. The van der Waals surface area contributed by atoms with E-state index in [9.17, 15) is 4.79 Å². The summed E-state index contributed by atoms with van der Waals surface area (Å²) < 4.78 is 5.64. The molecule has 1 unspecified atom stereocenters. The molecule has 1 aromatic carbocycles. The van der Waals surface area contributed by atoms with Crippen LogP contribution in [0, 0.1) is 0 Å². The smallest absolute Gasteiger partial charge is 0.168 e. The van der Waals surface area contributed by atoms with Gasteiger partial charge in [0.25, 0.3) is 0 Å². The number of ether oxygens (including phenoxy) is 1. The van der Waals surface area contributed by atoms with Gasteiger partial charge in [0.2, 0.25) is 0 Å². The summed E-state index contributed by atoms with van der Waals surface area (Å²) in [7, 11) is 0. The highest BCUT2D eigenvalue weighted by molar-refractivity contribution is 7.09. The zero-order valence-electron chi connectivity index (χ0n) is 11.8. The van der Waals surface area contributed by atoms with Gasteiger partial charge in [0.15, 0.2) is 5.78 Å². The Bertz CT molecular complexity index is 551. The first-order chi connectivity index (χ1) is 9.74. The third-order valence-electron chi connectivity index (χ3n) is 3.02. The van der Waals surface area contributed by atoms with E-state index in [-0.39, 0.29) is 11.9 Å². The van der Waals surface area contributed by atoms with Crippen LogP contribution in [-0.2, 0) is 11.2 Å². The normalized spacial score (nSPS) is 12.3. The average Bonchev–Trinajstić information content (AvgIpc) is 2.94. The van der Waals surface area contributed by atoms with Gasteiger partial charge in [0.05, 0.1) is 12.1 Å². The standard InChI is InChI=1S/C16H19NO2S/c1-3-15(19-4-2)16-17-13(11-20-16)10-14(18)12-8-6-5-7-9-12/h5-9,11,15H,3-4,10H2,1-2H3. The van der Waals surface area contributed by atoms with Crippen LogP contribution in [0.4, 0.5) is 0 Å². The first kappa shape index (κ1) is 14.9. The molecule has 0 aliphatic rings. The summed E-state index contributed by atoms with van der Waals surface area (Å²) >= 11 is 1.57. The van der Waals surface area contributed by atoms with Crippen molar-refractivity contribution in [2.75, 3.05) is 6.61 Å². The molecule has 0 spiro atoms. The number of ketones is 1. The second kappa shape index (κ2) is 7.31. The highest BCUT2D eigenvalue weighted by Gasteiger charge is 2.15. The molecule has 0 saturated carbocycles. The number of Topliss-reactive ketones (excluding diaryl/α,β-unsaturated/α-hetero) is 1. The fraction of sp³-hybridized carbons (Fsp3) is 0.375. The third kappa shape index (κ3) is 3.74. The Morgan fingerprint density at radius 2 is 2.05 bits per heavy atom. The molecule has 3 nitrogen and oxygen atoms in total. The number of nitrogens with zero attached hydrogens (tertiary/aromatic N) is 1. The first-order valence-electron chi connectivity index (χ1n) is 6.88. The Hall–Kier alpha value is -1.52. The van der Waals surface area contributed by atoms with E-state index in [1.54, 1.807) is 11.3 Å². The van der Waals surface area contributed by atoms with Gasteiger partial charge in [0.1, 0.15) is 11.1 Å². The van der Waals surface area contributed by atoms with Gasteiger partial charge in [-0.1, -0.05) is 37.3 Å². The zero-order chi connectivity index (χ0) is 14.4. The fourth-order valence-electron chi connectivity index (χ4n) is 2.01. The van der Waals surface area contributed by atoms with E-state index < -0.39 is 0 Å². The lowest BCUT2D eigenvalue weighted by Gasteiger charge is -2.11. The first-order valence-corrected chi connectivity index (χ1v) is 7.76. The van der Waals surface area contributed by atoms with Crippen molar-refractivity contribution in [2.45, 2.75) is 32.8 Å². The second-order valence-corrected chi connectivity index (χ2v) is 5.38. The topological polar surface area (TPSA) is 39.2 Å². The molecule has 4 heteroatoms. The van der Waals surface area contributed by atoms with Crippen molar-refractivity contribution >= 4 is 17.1 Å². The van der Waals surface area contributed by atoms with Crippen LogP contribution in [0.3, 0.4) is 0 Å². The summed E-state index contributed by atoms with van der Waals surface area (Å²) in [5.41, 5.74) is 1.57. The molecular weight excluding hydrogens is 270 g/mol. The summed E-state index contributed by atoms with van der Waals surface area (Å²) in [4.78, 5) is 16.7. The van der Waals surface area contributed by atoms with Gasteiger partial charge < -0.3 is 4.74 Å². The number of carbonyl (C=O) groups excluding carboxylic acids is 1. The van der Waals surface area contributed by atoms with E-state index in [0.29, 0.717) is 13.0 Å². The second-order valence-electron chi connectivity index (χ2n) is 4.50. The lowest BCUT2D eigenvalue weighted by molar-refractivity contribution is 0.0595. The van der Waals surface area contributed by atoms with Crippen molar-refractivity contribution in [1.29, 1.82) is 0 Å². The Labute approximate surface area is 123 Å². The third-order valence-corrected chi connectivity index (χ3v) is 4.01. The number of hydrogen-bond donors (Lipinski definition) is 0. The molecule has 0 fully saturated rings. The van der Waals surface area contributed by atoms with E-state index in [1.807, 2.05) is 42.6 Å². The van der Waals surface area contributed by atoms with Crippen LogP contribution < -0.4 is 0 Å². The molecule has 0 aliphatic carbocycles. The van der Waals surface area contributed by atoms with Crippen molar-refractivity contribution in [2.24, 2.45) is 0 Å². The maximum Gasteiger partial charge on any atom is 0.168 e. The van der Waals surface area contributed by atoms with Crippen LogP contribution in [0.2, 0.25) is 0 Å². The fourth-order valence-corrected chi connectivity index (χ4v) is 2.96. The number of hydrogen-bond acceptors (Lipinski definition) is 4. The van der Waals surface area contributed by atoms with Crippen molar-refractivity contribution in [3.8, 4) is 0 Å². The van der Waals surface area contributed by atoms with Crippen molar-refractivity contribution in [3.63, 3.8) is 0 Å². The van der Waals surface area contributed by atoms with Crippen LogP contribution in [0.15, 0.2) is 35.7 Å². The Morgan fingerprint density at radius 3 is 2.70 bits per heavy atom. The molecule has 1 aromatic heterocycles. The minimum atomic E-state index is 0.0468. The number of carbonyl (C=O) groups is 1. The van der Waals surface area contributed by atoms with Gasteiger partial charge in [-0.2, -0.15) is 0 Å². The van der Waals surface area contributed by atoms with Crippen LogP contribution in [0.5, 0.6) is 0 Å². The Morgan fingerprint density at radius 1 is 1.30 bits per heavy atom. The van der Waals surface area contributed by atoms with Gasteiger partial charge >= 0.3 is 0 Å². The molecule has 20 heavy (non-hydrogen) atoms. The zero-order valence-corrected chi connectivity index (χ0v) is 12.7. The Balaban J connectivity index is 2.04. The average molecular weight is 289 g/mol. The number of benzene rings is 1. The lowest BCUT2D eigenvalue weighted by atomic mass is 10.1.